The van der Waals surface area contributed by atoms with E-state index >= 15 is 0 Å². The van der Waals surface area contributed by atoms with Crippen LogP contribution in [0.15, 0.2) is 28.9 Å². The molecule has 1 heteroatoms. The molecule has 0 aromatic rings. The van der Waals surface area contributed by atoms with Crippen molar-refractivity contribution in [3.05, 3.63) is 23.9 Å². The maximum absolute atomic E-state index is 4.36. The average Bonchev–Trinajstić information content (AvgIpc) is 2.02. The molecule has 0 amide bonds. The van der Waals surface area contributed by atoms with Crippen molar-refractivity contribution in [2.45, 2.75) is 40.5 Å². The van der Waals surface area contributed by atoms with Crippen LogP contribution in [0.25, 0.3) is 0 Å². The van der Waals surface area contributed by atoms with E-state index in [1.807, 2.05) is 26.8 Å². The smallest absolute Gasteiger partial charge is 0.0582 e. The van der Waals surface area contributed by atoms with Crippen LogP contribution in [0.4, 0.5) is 0 Å². The van der Waals surface area contributed by atoms with Crippen LogP contribution < -0.4 is 0 Å². The molecule has 0 aliphatic carbocycles. The molecular formula is C11H19N. The molecular weight excluding hydrogens is 146 g/mol. The standard InChI is InChI=1S/C11H19N/c1-5-7-8-9-11(6-2)12-10(3)4/h6,8-9H,5,7H2,1-4H3/b9-8-,11-6-. The Kier molecular flexibility index (Phi) is 6.35. The fourth-order valence-electron chi connectivity index (χ4n) is 0.827. The molecule has 0 spiro atoms. The highest BCUT2D eigenvalue weighted by atomic mass is 14.7. The molecule has 0 aliphatic heterocycles. The quantitative estimate of drug-likeness (QED) is 0.444. The van der Waals surface area contributed by atoms with Crippen LogP contribution in [-0.4, -0.2) is 5.71 Å². The van der Waals surface area contributed by atoms with E-state index in [1.54, 1.807) is 0 Å². The molecule has 0 atom stereocenters. The van der Waals surface area contributed by atoms with Gasteiger partial charge in [-0.1, -0.05) is 25.5 Å². The first-order valence-corrected chi connectivity index (χ1v) is 4.55. The van der Waals surface area contributed by atoms with Gasteiger partial charge in [0.1, 0.15) is 0 Å². The second-order valence-corrected chi connectivity index (χ2v) is 2.96. The lowest BCUT2D eigenvalue weighted by molar-refractivity contribution is 0.957. The van der Waals surface area contributed by atoms with Gasteiger partial charge in [0.05, 0.1) is 5.70 Å². The van der Waals surface area contributed by atoms with E-state index in [9.17, 15) is 0 Å². The second-order valence-electron chi connectivity index (χ2n) is 2.96. The number of hydrogen-bond acceptors (Lipinski definition) is 1. The third-order valence-electron chi connectivity index (χ3n) is 1.39. The van der Waals surface area contributed by atoms with Gasteiger partial charge in [-0.05, 0) is 33.3 Å². The summed E-state index contributed by atoms with van der Waals surface area (Å²) in [4.78, 5) is 4.36. The van der Waals surface area contributed by atoms with E-state index in [-0.39, 0.29) is 0 Å². The minimum atomic E-state index is 1.06. The zero-order valence-electron chi connectivity index (χ0n) is 8.59. The summed E-state index contributed by atoms with van der Waals surface area (Å²) < 4.78 is 0. The average molecular weight is 165 g/mol. The van der Waals surface area contributed by atoms with Gasteiger partial charge < -0.3 is 0 Å². The van der Waals surface area contributed by atoms with Crippen LogP contribution in [0.2, 0.25) is 0 Å². The highest BCUT2D eigenvalue weighted by molar-refractivity contribution is 5.80. The first kappa shape index (κ1) is 11.2. The van der Waals surface area contributed by atoms with Crippen LogP contribution in [0, 0.1) is 0 Å². The summed E-state index contributed by atoms with van der Waals surface area (Å²) in [6.07, 6.45) is 8.61. The Morgan fingerprint density at radius 2 is 2.00 bits per heavy atom. The molecule has 0 N–H and O–H groups in total. The number of unbranched alkanes of at least 4 members (excludes halogenated alkanes) is 1. The monoisotopic (exact) mass is 165 g/mol. The molecule has 0 aliphatic rings. The summed E-state index contributed by atoms with van der Waals surface area (Å²) in [6.45, 7) is 8.21. The normalized spacial score (nSPS) is 12.2. The van der Waals surface area contributed by atoms with Gasteiger partial charge in [-0.25, -0.2) is 0 Å². The fourth-order valence-corrected chi connectivity index (χ4v) is 0.827. The molecule has 0 radical (unpaired) electrons. The third-order valence-corrected chi connectivity index (χ3v) is 1.39. The highest BCUT2D eigenvalue weighted by Crippen LogP contribution is 2.01. The Morgan fingerprint density at radius 3 is 2.42 bits per heavy atom. The third kappa shape index (κ3) is 5.90. The first-order valence-electron chi connectivity index (χ1n) is 4.55. The Labute approximate surface area is 75.9 Å². The lowest BCUT2D eigenvalue weighted by Gasteiger charge is -1.93. The number of aliphatic imine (C=N–C) groups is 1. The molecule has 0 bridgehead atoms. The topological polar surface area (TPSA) is 12.4 Å². The van der Waals surface area contributed by atoms with Gasteiger partial charge >= 0.3 is 0 Å². The number of rotatable bonds is 4. The summed E-state index contributed by atoms with van der Waals surface area (Å²) in [5.41, 5.74) is 2.16. The van der Waals surface area contributed by atoms with Crippen molar-refractivity contribution in [2.75, 3.05) is 0 Å². The van der Waals surface area contributed by atoms with Crippen molar-refractivity contribution in [3.8, 4) is 0 Å². The molecule has 1 nitrogen and oxygen atoms in total. The zero-order valence-corrected chi connectivity index (χ0v) is 8.59. The first-order chi connectivity index (χ1) is 5.70. The Bertz CT molecular complexity index is 193. The summed E-state index contributed by atoms with van der Waals surface area (Å²) in [6, 6.07) is 0. The van der Waals surface area contributed by atoms with E-state index < -0.39 is 0 Å². The fraction of sp³-hybridized carbons (Fsp3) is 0.545. The molecule has 0 fully saturated rings. The van der Waals surface area contributed by atoms with Gasteiger partial charge in [0.15, 0.2) is 0 Å². The Morgan fingerprint density at radius 1 is 1.33 bits per heavy atom. The Hall–Kier alpha value is -0.850. The van der Waals surface area contributed by atoms with E-state index in [0.717, 1.165) is 17.8 Å². The van der Waals surface area contributed by atoms with Crippen LogP contribution in [-0.2, 0) is 0 Å². The maximum Gasteiger partial charge on any atom is 0.0582 e. The molecule has 68 valence electrons. The number of allylic oxidation sites excluding steroid dienone is 3. The summed E-state index contributed by atoms with van der Waals surface area (Å²) in [5.74, 6) is 0. The predicted octanol–water partition coefficient (Wildman–Crippen LogP) is 3.73. The minimum Gasteiger partial charge on any atom is -0.259 e. The number of hydrogen-bond donors (Lipinski definition) is 0. The van der Waals surface area contributed by atoms with Gasteiger partial charge in [-0.2, -0.15) is 0 Å². The van der Waals surface area contributed by atoms with Crippen molar-refractivity contribution in [1.29, 1.82) is 0 Å². The van der Waals surface area contributed by atoms with Gasteiger partial charge in [0.2, 0.25) is 0 Å². The molecule has 0 aromatic heterocycles. The SMILES string of the molecule is C/C=C(/C=C\CCC)N=C(C)C. The number of nitrogens with zero attached hydrogens (tertiary/aromatic N) is 1. The van der Waals surface area contributed by atoms with Gasteiger partial charge in [-0.15, -0.1) is 0 Å². The van der Waals surface area contributed by atoms with Crippen molar-refractivity contribution in [2.24, 2.45) is 4.99 Å². The van der Waals surface area contributed by atoms with Crippen LogP contribution in [0.5, 0.6) is 0 Å². The summed E-state index contributed by atoms with van der Waals surface area (Å²) >= 11 is 0. The van der Waals surface area contributed by atoms with Crippen molar-refractivity contribution >= 4 is 5.71 Å². The van der Waals surface area contributed by atoms with E-state index in [1.165, 1.54) is 6.42 Å². The zero-order chi connectivity index (χ0) is 9.40. The lowest BCUT2D eigenvalue weighted by atomic mass is 10.3. The second kappa shape index (κ2) is 6.84. The lowest BCUT2D eigenvalue weighted by Crippen LogP contribution is -1.81. The molecule has 0 rings (SSSR count). The van der Waals surface area contributed by atoms with E-state index in [0.29, 0.717) is 0 Å². The Balaban J connectivity index is 4.11. The van der Waals surface area contributed by atoms with E-state index in [2.05, 4.69) is 24.1 Å². The van der Waals surface area contributed by atoms with E-state index in [4.69, 9.17) is 0 Å². The molecule has 0 unspecified atom stereocenters. The van der Waals surface area contributed by atoms with Crippen LogP contribution in [0.1, 0.15) is 40.5 Å². The van der Waals surface area contributed by atoms with Crippen LogP contribution in [0.3, 0.4) is 0 Å². The van der Waals surface area contributed by atoms with Gasteiger partial charge in [-0.3, -0.25) is 4.99 Å². The van der Waals surface area contributed by atoms with Crippen LogP contribution >= 0.6 is 0 Å². The molecule has 12 heavy (non-hydrogen) atoms. The summed E-state index contributed by atoms with van der Waals surface area (Å²) in [5, 5.41) is 0. The minimum absolute atomic E-state index is 1.06. The van der Waals surface area contributed by atoms with Crippen molar-refractivity contribution in [3.63, 3.8) is 0 Å². The maximum atomic E-state index is 4.36. The van der Waals surface area contributed by atoms with Gasteiger partial charge in [0.25, 0.3) is 0 Å². The van der Waals surface area contributed by atoms with Crippen molar-refractivity contribution in [1.82, 2.24) is 0 Å². The van der Waals surface area contributed by atoms with Gasteiger partial charge in [0, 0.05) is 5.71 Å². The highest BCUT2D eigenvalue weighted by Gasteiger charge is 1.84. The largest absolute Gasteiger partial charge is 0.259 e. The summed E-state index contributed by atoms with van der Waals surface area (Å²) in [7, 11) is 0. The molecule has 0 aromatic carbocycles. The molecule has 0 heterocycles. The predicted molar refractivity (Wildman–Crippen MR) is 56.6 cm³/mol. The van der Waals surface area contributed by atoms with Crippen molar-refractivity contribution < 1.29 is 0 Å². The molecule has 0 saturated carbocycles. The molecule has 0 saturated heterocycles.